The summed E-state index contributed by atoms with van der Waals surface area (Å²) in [6, 6.07) is 6.87. The van der Waals surface area contributed by atoms with E-state index in [2.05, 4.69) is 14.5 Å². The van der Waals surface area contributed by atoms with Crippen LogP contribution in [0.2, 0.25) is 0 Å². The lowest BCUT2D eigenvalue weighted by molar-refractivity contribution is -0.274. The summed E-state index contributed by atoms with van der Waals surface area (Å²) in [5.41, 5.74) is 0.401. The van der Waals surface area contributed by atoms with Gasteiger partial charge in [0.25, 0.3) is 0 Å². The van der Waals surface area contributed by atoms with Gasteiger partial charge in [0.2, 0.25) is 0 Å². The van der Waals surface area contributed by atoms with E-state index < -0.39 is 18.1 Å². The molecule has 0 unspecified atom stereocenters. The Hall–Kier alpha value is -2.57. The molecule has 0 saturated carbocycles. The fourth-order valence-corrected chi connectivity index (χ4v) is 1.80. The fourth-order valence-electron chi connectivity index (χ4n) is 1.80. The maximum Gasteiger partial charge on any atom is 0.573 e. The molecule has 1 heterocycles. The Morgan fingerprint density at radius 1 is 1.14 bits per heavy atom. The Kier molecular flexibility index (Phi) is 4.11. The van der Waals surface area contributed by atoms with Crippen molar-refractivity contribution < 1.29 is 27.4 Å². The second-order valence-corrected chi connectivity index (χ2v) is 3.96. The molecule has 2 aromatic rings. The van der Waals surface area contributed by atoms with Crippen LogP contribution in [0.15, 0.2) is 42.7 Å². The van der Waals surface area contributed by atoms with Crippen LogP contribution in [0.25, 0.3) is 11.1 Å². The van der Waals surface area contributed by atoms with Crippen molar-refractivity contribution in [3.05, 3.63) is 48.3 Å². The third-order valence-electron chi connectivity index (χ3n) is 2.63. The zero-order valence-corrected chi connectivity index (χ0v) is 10.8. The molecule has 2 rings (SSSR count). The van der Waals surface area contributed by atoms with Gasteiger partial charge in [-0.25, -0.2) is 4.79 Å². The van der Waals surface area contributed by atoms with Gasteiger partial charge in [0, 0.05) is 23.5 Å². The number of para-hydroxylation sites is 1. The van der Waals surface area contributed by atoms with Crippen LogP contribution in [-0.4, -0.2) is 24.4 Å². The highest BCUT2D eigenvalue weighted by atomic mass is 19.4. The highest BCUT2D eigenvalue weighted by Gasteiger charge is 2.32. The number of rotatable bonds is 3. The van der Waals surface area contributed by atoms with Crippen LogP contribution in [0.5, 0.6) is 5.75 Å². The Morgan fingerprint density at radius 2 is 1.86 bits per heavy atom. The molecule has 110 valence electrons. The molecule has 21 heavy (non-hydrogen) atoms. The van der Waals surface area contributed by atoms with E-state index in [1.54, 1.807) is 0 Å². The predicted octanol–water partition coefficient (Wildman–Crippen LogP) is 3.43. The largest absolute Gasteiger partial charge is 0.573 e. The predicted molar refractivity (Wildman–Crippen MR) is 67.7 cm³/mol. The van der Waals surface area contributed by atoms with Gasteiger partial charge in [0.05, 0.1) is 12.7 Å². The molecule has 1 aromatic heterocycles. The number of benzene rings is 1. The number of carbonyl (C=O) groups is 1. The second kappa shape index (κ2) is 5.82. The first-order chi connectivity index (χ1) is 9.92. The van der Waals surface area contributed by atoms with Gasteiger partial charge in [-0.15, -0.1) is 13.2 Å². The molecule has 0 saturated heterocycles. The molecule has 0 aliphatic carbocycles. The van der Waals surface area contributed by atoms with E-state index in [-0.39, 0.29) is 16.7 Å². The van der Waals surface area contributed by atoms with E-state index in [0.717, 1.165) is 6.07 Å². The molecular formula is C14H10F3NO3. The molecule has 7 heteroatoms. The van der Waals surface area contributed by atoms with E-state index in [9.17, 15) is 18.0 Å². The number of ether oxygens (including phenoxy) is 2. The third kappa shape index (κ3) is 3.50. The number of alkyl halides is 3. The van der Waals surface area contributed by atoms with Crippen molar-refractivity contribution >= 4 is 5.97 Å². The lowest BCUT2D eigenvalue weighted by Gasteiger charge is -2.14. The van der Waals surface area contributed by atoms with E-state index >= 15 is 0 Å². The van der Waals surface area contributed by atoms with Crippen molar-refractivity contribution in [1.82, 2.24) is 4.98 Å². The summed E-state index contributed by atoms with van der Waals surface area (Å²) < 4.78 is 45.9. The molecule has 0 radical (unpaired) electrons. The summed E-state index contributed by atoms with van der Waals surface area (Å²) in [4.78, 5) is 15.5. The quantitative estimate of drug-likeness (QED) is 0.814. The van der Waals surface area contributed by atoms with Gasteiger partial charge in [0.1, 0.15) is 5.75 Å². The summed E-state index contributed by atoms with van der Waals surface area (Å²) in [6.45, 7) is 0. The van der Waals surface area contributed by atoms with Crippen molar-refractivity contribution in [3.8, 4) is 16.9 Å². The van der Waals surface area contributed by atoms with Gasteiger partial charge in [-0.3, -0.25) is 4.98 Å². The van der Waals surface area contributed by atoms with Crippen LogP contribution >= 0.6 is 0 Å². The van der Waals surface area contributed by atoms with E-state index in [4.69, 9.17) is 0 Å². The van der Waals surface area contributed by atoms with Crippen molar-refractivity contribution in [1.29, 1.82) is 0 Å². The second-order valence-electron chi connectivity index (χ2n) is 3.96. The van der Waals surface area contributed by atoms with E-state index in [0.29, 0.717) is 0 Å². The summed E-state index contributed by atoms with van der Waals surface area (Å²) >= 11 is 0. The molecule has 0 bridgehead atoms. The lowest BCUT2D eigenvalue weighted by atomic mass is 10.0. The molecule has 0 fully saturated rings. The summed E-state index contributed by atoms with van der Waals surface area (Å²) in [5.74, 6) is -1.09. The number of hydrogen-bond donors (Lipinski definition) is 0. The number of methoxy groups -OCH3 is 1. The van der Waals surface area contributed by atoms with Gasteiger partial charge in [-0.1, -0.05) is 18.2 Å². The van der Waals surface area contributed by atoms with Gasteiger partial charge >= 0.3 is 12.3 Å². The van der Waals surface area contributed by atoms with Gasteiger partial charge in [0.15, 0.2) is 0 Å². The standard InChI is InChI=1S/C14H10F3NO3/c1-20-13(19)10-6-7-18-8-11(10)9-4-2-3-5-12(9)21-14(15,16)17/h2-8H,1H3. The molecule has 0 aliphatic rings. The molecule has 0 atom stereocenters. The van der Waals surface area contributed by atoms with Gasteiger partial charge in [-0.05, 0) is 12.1 Å². The molecule has 4 nitrogen and oxygen atoms in total. The molecule has 0 spiro atoms. The molecule has 0 N–H and O–H groups in total. The topological polar surface area (TPSA) is 48.4 Å². The number of pyridine rings is 1. The maximum absolute atomic E-state index is 12.4. The third-order valence-corrected chi connectivity index (χ3v) is 2.63. The molecule has 0 aliphatic heterocycles. The minimum absolute atomic E-state index is 0.100. The summed E-state index contributed by atoms with van der Waals surface area (Å²) in [7, 11) is 1.19. The van der Waals surface area contributed by atoms with Crippen LogP contribution in [0.1, 0.15) is 10.4 Å². The molecular weight excluding hydrogens is 287 g/mol. The van der Waals surface area contributed by atoms with Gasteiger partial charge < -0.3 is 9.47 Å². The Morgan fingerprint density at radius 3 is 2.52 bits per heavy atom. The van der Waals surface area contributed by atoms with E-state index in [1.807, 2.05) is 0 Å². The monoisotopic (exact) mass is 297 g/mol. The minimum Gasteiger partial charge on any atom is -0.465 e. The van der Waals surface area contributed by atoms with Crippen molar-refractivity contribution in [2.75, 3.05) is 7.11 Å². The van der Waals surface area contributed by atoms with Crippen LogP contribution in [0, 0.1) is 0 Å². The Bertz CT molecular complexity index is 656. The summed E-state index contributed by atoms with van der Waals surface area (Å²) in [5, 5.41) is 0. The van der Waals surface area contributed by atoms with Crippen LogP contribution < -0.4 is 4.74 Å². The van der Waals surface area contributed by atoms with Crippen LogP contribution in [-0.2, 0) is 4.74 Å². The van der Waals surface area contributed by atoms with Crippen LogP contribution in [0.4, 0.5) is 13.2 Å². The average molecular weight is 297 g/mol. The first-order valence-corrected chi connectivity index (χ1v) is 5.80. The SMILES string of the molecule is COC(=O)c1ccncc1-c1ccccc1OC(F)(F)F. The smallest absolute Gasteiger partial charge is 0.465 e. The average Bonchev–Trinajstić information content (AvgIpc) is 2.45. The fraction of sp³-hybridized carbons (Fsp3) is 0.143. The molecule has 1 aromatic carbocycles. The first kappa shape index (κ1) is 14.8. The van der Waals surface area contributed by atoms with Crippen molar-refractivity contribution in [3.63, 3.8) is 0 Å². The normalized spacial score (nSPS) is 11.0. The summed E-state index contributed by atoms with van der Waals surface area (Å²) in [6.07, 6.45) is -2.20. The maximum atomic E-state index is 12.4. The highest BCUT2D eigenvalue weighted by molar-refractivity contribution is 5.97. The lowest BCUT2D eigenvalue weighted by Crippen LogP contribution is -2.17. The van der Waals surface area contributed by atoms with E-state index in [1.165, 1.54) is 43.8 Å². The van der Waals surface area contributed by atoms with Crippen molar-refractivity contribution in [2.24, 2.45) is 0 Å². The number of carbonyl (C=O) groups excluding carboxylic acids is 1. The first-order valence-electron chi connectivity index (χ1n) is 5.80. The number of halogens is 3. The van der Waals surface area contributed by atoms with Gasteiger partial charge in [-0.2, -0.15) is 0 Å². The van der Waals surface area contributed by atoms with Crippen LogP contribution in [0.3, 0.4) is 0 Å². The van der Waals surface area contributed by atoms with Crippen molar-refractivity contribution in [2.45, 2.75) is 6.36 Å². The molecule has 0 amide bonds. The zero-order valence-electron chi connectivity index (χ0n) is 10.8. The number of hydrogen-bond acceptors (Lipinski definition) is 4. The number of esters is 1. The highest BCUT2D eigenvalue weighted by Crippen LogP contribution is 2.35. The minimum atomic E-state index is -4.83. The Balaban J connectivity index is 2.55. The zero-order chi connectivity index (χ0) is 15.5. The number of aromatic nitrogens is 1. The Labute approximate surface area is 118 Å². The number of nitrogens with zero attached hydrogens (tertiary/aromatic N) is 1.